The molecule has 0 radical (unpaired) electrons. The fourth-order valence-corrected chi connectivity index (χ4v) is 4.05. The van der Waals surface area contributed by atoms with Crippen LogP contribution in [0.5, 0.6) is 0 Å². The number of esters is 2. The zero-order valence-corrected chi connectivity index (χ0v) is 16.8. The standard InChI is InChI=1S/C21H25NO6/c1-6-27-21(25)16-12(4)22-13-9-10(2)15(20(24)26-5)19(23)17(13)18(16)14-8-7-11(3)28-14/h7-8,10,15,18,22H,6,9H2,1-5H3/t10-,15-,18+/m1/s1. The molecule has 2 heterocycles. The smallest absolute Gasteiger partial charge is 0.336 e. The van der Waals surface area contributed by atoms with E-state index in [9.17, 15) is 14.4 Å². The molecule has 3 atom stereocenters. The molecule has 0 saturated carbocycles. The van der Waals surface area contributed by atoms with E-state index < -0.39 is 23.8 Å². The number of rotatable bonds is 4. The van der Waals surface area contributed by atoms with Gasteiger partial charge >= 0.3 is 11.9 Å². The SMILES string of the molecule is CCOC(=O)C1=C(C)NC2=C(C(=O)[C@H](C(=O)OC)[C@H](C)C2)[C@H]1c1ccc(C)o1. The van der Waals surface area contributed by atoms with E-state index in [1.165, 1.54) is 7.11 Å². The number of nitrogens with one attached hydrogen (secondary N) is 1. The predicted molar refractivity (Wildman–Crippen MR) is 100.0 cm³/mol. The molecule has 0 unspecified atom stereocenters. The van der Waals surface area contributed by atoms with Crippen LogP contribution in [0.1, 0.15) is 44.6 Å². The molecule has 1 aliphatic heterocycles. The molecule has 150 valence electrons. The van der Waals surface area contributed by atoms with Gasteiger partial charge in [0.2, 0.25) is 0 Å². The number of aryl methyl sites for hydroxylation is 1. The molecule has 0 saturated heterocycles. The van der Waals surface area contributed by atoms with Crippen LogP contribution in [0.3, 0.4) is 0 Å². The second-order valence-electron chi connectivity index (χ2n) is 7.20. The molecule has 0 fully saturated rings. The summed E-state index contributed by atoms with van der Waals surface area (Å²) in [5.41, 5.74) is 2.02. The lowest BCUT2D eigenvalue weighted by molar-refractivity contribution is -0.151. The van der Waals surface area contributed by atoms with E-state index in [-0.39, 0.29) is 18.3 Å². The van der Waals surface area contributed by atoms with E-state index in [0.29, 0.717) is 40.5 Å². The summed E-state index contributed by atoms with van der Waals surface area (Å²) in [6, 6.07) is 3.53. The highest BCUT2D eigenvalue weighted by atomic mass is 16.5. The second kappa shape index (κ2) is 7.66. The number of carbonyl (C=O) groups is 3. The summed E-state index contributed by atoms with van der Waals surface area (Å²) in [6.45, 7) is 7.35. The van der Waals surface area contributed by atoms with Gasteiger partial charge in [-0.15, -0.1) is 0 Å². The molecule has 1 aromatic heterocycles. The highest BCUT2D eigenvalue weighted by Gasteiger charge is 2.48. The minimum atomic E-state index is -0.911. The predicted octanol–water partition coefficient (Wildman–Crippen LogP) is 2.76. The van der Waals surface area contributed by atoms with E-state index in [1.807, 2.05) is 6.92 Å². The van der Waals surface area contributed by atoms with Crippen molar-refractivity contribution < 1.29 is 28.3 Å². The van der Waals surface area contributed by atoms with Crippen molar-refractivity contribution in [1.82, 2.24) is 5.32 Å². The van der Waals surface area contributed by atoms with Crippen LogP contribution in [0.25, 0.3) is 0 Å². The number of dihydropyridines is 1. The van der Waals surface area contributed by atoms with Crippen molar-refractivity contribution in [3.05, 3.63) is 46.2 Å². The van der Waals surface area contributed by atoms with Gasteiger partial charge in [-0.25, -0.2) is 4.79 Å². The molecule has 1 aliphatic carbocycles. The van der Waals surface area contributed by atoms with Crippen molar-refractivity contribution in [3.63, 3.8) is 0 Å². The van der Waals surface area contributed by atoms with Crippen molar-refractivity contribution >= 4 is 17.7 Å². The molecule has 0 spiro atoms. The lowest BCUT2D eigenvalue weighted by Gasteiger charge is -2.37. The Bertz CT molecular complexity index is 890. The van der Waals surface area contributed by atoms with E-state index in [4.69, 9.17) is 13.9 Å². The first-order valence-corrected chi connectivity index (χ1v) is 9.36. The number of hydrogen-bond donors (Lipinski definition) is 1. The van der Waals surface area contributed by atoms with Crippen molar-refractivity contribution in [3.8, 4) is 0 Å². The van der Waals surface area contributed by atoms with Crippen LogP contribution in [0.15, 0.2) is 39.1 Å². The average molecular weight is 387 g/mol. The maximum absolute atomic E-state index is 13.4. The highest BCUT2D eigenvalue weighted by Crippen LogP contribution is 2.45. The summed E-state index contributed by atoms with van der Waals surface area (Å²) in [5.74, 6) is -2.15. The van der Waals surface area contributed by atoms with E-state index in [2.05, 4.69) is 5.32 Å². The largest absolute Gasteiger partial charge is 0.468 e. The number of ketones is 1. The molecule has 28 heavy (non-hydrogen) atoms. The van der Waals surface area contributed by atoms with Gasteiger partial charge in [0.05, 0.1) is 25.2 Å². The maximum Gasteiger partial charge on any atom is 0.336 e. The van der Waals surface area contributed by atoms with Gasteiger partial charge in [-0.05, 0) is 45.2 Å². The van der Waals surface area contributed by atoms with Crippen molar-refractivity contribution in [2.75, 3.05) is 13.7 Å². The van der Waals surface area contributed by atoms with Crippen LogP contribution >= 0.6 is 0 Å². The first-order chi connectivity index (χ1) is 13.3. The molecule has 1 aromatic rings. The summed E-state index contributed by atoms with van der Waals surface area (Å²) in [6.07, 6.45) is 0.491. The fraction of sp³-hybridized carbons (Fsp3) is 0.476. The van der Waals surface area contributed by atoms with Gasteiger partial charge in [-0.3, -0.25) is 9.59 Å². The average Bonchev–Trinajstić information content (AvgIpc) is 3.06. The minimum Gasteiger partial charge on any atom is -0.468 e. The molecule has 1 N–H and O–H groups in total. The third-order valence-electron chi connectivity index (χ3n) is 5.28. The lowest BCUT2D eigenvalue weighted by Crippen LogP contribution is -2.43. The van der Waals surface area contributed by atoms with Crippen LogP contribution < -0.4 is 5.32 Å². The fourth-order valence-electron chi connectivity index (χ4n) is 4.05. The molecule has 2 aliphatic rings. The normalized spacial score (nSPS) is 24.6. The third kappa shape index (κ3) is 3.25. The summed E-state index contributed by atoms with van der Waals surface area (Å²) in [5, 5.41) is 3.20. The molecular weight excluding hydrogens is 362 g/mol. The number of methoxy groups -OCH3 is 1. The number of hydrogen-bond acceptors (Lipinski definition) is 7. The van der Waals surface area contributed by atoms with Crippen molar-refractivity contribution in [2.24, 2.45) is 11.8 Å². The molecule has 0 bridgehead atoms. The summed E-state index contributed by atoms with van der Waals surface area (Å²) >= 11 is 0. The van der Waals surface area contributed by atoms with Crippen LogP contribution in [0, 0.1) is 18.8 Å². The number of furan rings is 1. The Hall–Kier alpha value is -2.83. The quantitative estimate of drug-likeness (QED) is 0.627. The topological polar surface area (TPSA) is 94.8 Å². The van der Waals surface area contributed by atoms with Gasteiger partial charge in [-0.1, -0.05) is 6.92 Å². The molecule has 0 aromatic carbocycles. The monoisotopic (exact) mass is 387 g/mol. The first kappa shape index (κ1) is 19.9. The Balaban J connectivity index is 2.16. The molecule has 0 amide bonds. The van der Waals surface area contributed by atoms with Gasteiger partial charge in [0.15, 0.2) is 5.78 Å². The van der Waals surface area contributed by atoms with Gasteiger partial charge < -0.3 is 19.2 Å². The second-order valence-corrected chi connectivity index (χ2v) is 7.20. The first-order valence-electron chi connectivity index (χ1n) is 9.36. The number of allylic oxidation sites excluding steroid dienone is 3. The summed E-state index contributed by atoms with van der Waals surface area (Å²) in [4.78, 5) is 38.4. The Morgan fingerprint density at radius 1 is 1.29 bits per heavy atom. The van der Waals surface area contributed by atoms with Gasteiger partial charge in [0.25, 0.3) is 0 Å². The van der Waals surface area contributed by atoms with Gasteiger partial charge in [0, 0.05) is 17.0 Å². The zero-order valence-electron chi connectivity index (χ0n) is 16.8. The van der Waals surface area contributed by atoms with Crippen molar-refractivity contribution in [1.29, 1.82) is 0 Å². The van der Waals surface area contributed by atoms with E-state index >= 15 is 0 Å². The zero-order chi connectivity index (χ0) is 20.6. The Morgan fingerprint density at radius 2 is 2.00 bits per heavy atom. The van der Waals surface area contributed by atoms with Crippen LogP contribution in [0.4, 0.5) is 0 Å². The van der Waals surface area contributed by atoms with Crippen LogP contribution in [0.2, 0.25) is 0 Å². The molecule has 3 rings (SSSR count). The van der Waals surface area contributed by atoms with E-state index in [1.54, 1.807) is 32.9 Å². The van der Waals surface area contributed by atoms with Crippen LogP contribution in [-0.2, 0) is 23.9 Å². The van der Waals surface area contributed by atoms with Gasteiger partial charge in [0.1, 0.15) is 17.4 Å². The Morgan fingerprint density at radius 3 is 2.57 bits per heavy atom. The summed E-state index contributed by atoms with van der Waals surface area (Å²) < 4.78 is 15.9. The summed E-state index contributed by atoms with van der Waals surface area (Å²) in [7, 11) is 1.27. The third-order valence-corrected chi connectivity index (χ3v) is 5.28. The molecule has 7 heteroatoms. The number of carbonyl (C=O) groups excluding carboxylic acids is 3. The number of ether oxygens (including phenoxy) is 2. The lowest BCUT2D eigenvalue weighted by atomic mass is 9.70. The maximum atomic E-state index is 13.4. The molecule has 7 nitrogen and oxygen atoms in total. The van der Waals surface area contributed by atoms with E-state index in [0.717, 1.165) is 0 Å². The Kier molecular flexibility index (Phi) is 5.45. The Labute approximate surface area is 163 Å². The minimum absolute atomic E-state index is 0.210. The van der Waals surface area contributed by atoms with Gasteiger partial charge in [-0.2, -0.15) is 0 Å². The molecular formula is C21H25NO6. The number of Topliss-reactive ketones (excluding diaryl/α,β-unsaturated/α-hetero) is 1. The highest BCUT2D eigenvalue weighted by molar-refractivity contribution is 6.12. The van der Waals surface area contributed by atoms with Crippen LogP contribution in [-0.4, -0.2) is 31.4 Å². The van der Waals surface area contributed by atoms with Crippen molar-refractivity contribution in [2.45, 2.75) is 40.0 Å².